The fraction of sp³-hybridized carbons (Fsp3) is 0.600. The van der Waals surface area contributed by atoms with Gasteiger partial charge in [-0.2, -0.15) is 56.9 Å². The Balaban J connectivity index is -0.000000103. The predicted molar refractivity (Wildman–Crippen MR) is 313 cm³/mol. The Morgan fingerprint density at radius 1 is 0.587 bits per heavy atom. The SMILES string of the molecule is CC(=NS(=O)(=O)C(F)(F)F)NS(=O)(=O)C(F)(F)F.CC(=O)N(C)O.CC(=O)N(C)S(=O)(=O)c1ccccc1.CC(=O)NC#N.CC(=O)NS(C)(=O)=O.CC(=O)NS(C)(=O)=O.CNS(C)(=O)=O.CONC(C)=O.COP(C)(=O)O.CS(=O)(=O)NS(C)(=O)=O.CS(=O)(=O)O. The summed E-state index contributed by atoms with van der Waals surface area (Å²) in [5.41, 5.74) is -9.59. The van der Waals surface area contributed by atoms with Crippen molar-refractivity contribution in [2.75, 3.05) is 79.6 Å². The number of nitrogens with one attached hydrogen (secondary N) is 7. The van der Waals surface area contributed by atoms with Crippen LogP contribution in [0.2, 0.25) is 0 Å². The molecule has 548 valence electrons. The van der Waals surface area contributed by atoms with Crippen molar-refractivity contribution in [2.45, 2.75) is 64.4 Å². The highest BCUT2D eigenvalue weighted by atomic mass is 32.3. The smallest absolute Gasteiger partial charge is 0.324 e. The molecule has 0 fully saturated rings. The molecule has 0 saturated carbocycles. The third kappa shape index (κ3) is 95.2. The number of carbonyl (C=O) groups excluding carboxylic acids is 6. The molecule has 6 amide bonds. The van der Waals surface area contributed by atoms with Crippen molar-refractivity contribution in [3.05, 3.63) is 30.3 Å². The van der Waals surface area contributed by atoms with Crippen LogP contribution in [0.15, 0.2) is 39.6 Å². The van der Waals surface area contributed by atoms with Crippen LogP contribution in [-0.4, -0.2) is 232 Å². The molecule has 1 unspecified atom stereocenters. The van der Waals surface area contributed by atoms with E-state index in [2.05, 4.69) is 19.6 Å². The van der Waals surface area contributed by atoms with Gasteiger partial charge < -0.3 is 9.42 Å². The monoisotopic (exact) mass is 1560 g/mol. The molecule has 0 radical (unpaired) electrons. The topological polar surface area (TPSA) is 633 Å². The van der Waals surface area contributed by atoms with Crippen LogP contribution in [0.25, 0.3) is 0 Å². The van der Waals surface area contributed by atoms with Crippen LogP contribution in [0.4, 0.5) is 26.3 Å². The minimum atomic E-state index is -6.12. The molecule has 57 heteroatoms. The number of nitriles is 1. The number of nitrogens with zero attached hydrogens (tertiary/aromatic N) is 4. The molecular formula is C35H72F6N11O30PS9. The van der Waals surface area contributed by atoms with Crippen LogP contribution < -0.4 is 33.8 Å². The first-order valence-electron chi connectivity index (χ1n) is 21.6. The van der Waals surface area contributed by atoms with E-state index in [9.17, 15) is 135 Å². The summed E-state index contributed by atoms with van der Waals surface area (Å²) in [6.45, 7) is 8.87. The maximum atomic E-state index is 11.8. The van der Waals surface area contributed by atoms with E-state index >= 15 is 0 Å². The molecule has 0 bridgehead atoms. The number of halogens is 6. The van der Waals surface area contributed by atoms with Gasteiger partial charge in [0.25, 0.3) is 20.1 Å². The van der Waals surface area contributed by atoms with Gasteiger partial charge in [-0.25, -0.2) is 70.1 Å². The van der Waals surface area contributed by atoms with Crippen LogP contribution in [0.3, 0.4) is 0 Å². The van der Waals surface area contributed by atoms with Gasteiger partial charge in [0, 0.05) is 69.4 Å². The van der Waals surface area contributed by atoms with Crippen molar-refractivity contribution in [3.8, 4) is 6.19 Å². The number of hydrogen-bond acceptors (Lipinski definition) is 29. The van der Waals surface area contributed by atoms with Crippen LogP contribution in [-0.2, 0) is 133 Å². The Morgan fingerprint density at radius 3 is 1.01 bits per heavy atom. The van der Waals surface area contributed by atoms with E-state index < -0.39 is 132 Å². The van der Waals surface area contributed by atoms with E-state index in [4.69, 9.17) is 19.9 Å². The first-order valence-corrected chi connectivity index (χ1v) is 39.3. The first-order chi connectivity index (χ1) is 39.9. The van der Waals surface area contributed by atoms with Gasteiger partial charge in [0.15, 0.2) is 6.19 Å². The number of alkyl halides is 6. The summed E-state index contributed by atoms with van der Waals surface area (Å²) in [7, 11) is -32.9. The Bertz CT molecular complexity index is 3580. The molecule has 1 rings (SSSR count). The quantitative estimate of drug-likeness (QED) is 0.0118. The molecular weight excluding hydrogens is 1490 g/mol. The lowest BCUT2D eigenvalue weighted by Gasteiger charge is -2.14. The van der Waals surface area contributed by atoms with Crippen molar-refractivity contribution < 1.29 is 159 Å². The summed E-state index contributed by atoms with van der Waals surface area (Å²) in [4.78, 5) is 72.7. The third-order valence-electron chi connectivity index (χ3n) is 5.59. The lowest BCUT2D eigenvalue weighted by atomic mass is 10.4. The Labute approximate surface area is 529 Å². The summed E-state index contributed by atoms with van der Waals surface area (Å²) < 4.78 is 286. The van der Waals surface area contributed by atoms with Crippen molar-refractivity contribution in [1.29, 1.82) is 5.26 Å². The average Bonchev–Trinajstić information content (AvgIpc) is 1.13. The number of benzene rings is 1. The summed E-state index contributed by atoms with van der Waals surface area (Å²) in [6, 6.07) is 7.85. The molecule has 0 aliphatic heterocycles. The van der Waals surface area contributed by atoms with Crippen molar-refractivity contribution in [3.63, 3.8) is 0 Å². The molecule has 92 heavy (non-hydrogen) atoms. The zero-order valence-electron chi connectivity index (χ0n) is 51.4. The van der Waals surface area contributed by atoms with E-state index in [1.54, 1.807) is 27.6 Å². The number of rotatable bonds is 11. The lowest BCUT2D eigenvalue weighted by Crippen LogP contribution is -2.40. The molecule has 1 aromatic carbocycles. The molecule has 1 aromatic rings. The summed E-state index contributed by atoms with van der Waals surface area (Å²) in [6.07, 6.45) is 6.68. The minimum absolute atomic E-state index is 0.123. The van der Waals surface area contributed by atoms with E-state index in [-0.39, 0.29) is 22.6 Å². The second-order valence-electron chi connectivity index (χ2n) is 15.3. The van der Waals surface area contributed by atoms with E-state index in [0.717, 1.165) is 56.1 Å². The van der Waals surface area contributed by atoms with Gasteiger partial charge in [-0.1, -0.05) is 18.2 Å². The van der Waals surface area contributed by atoms with Crippen LogP contribution in [0.1, 0.15) is 48.5 Å². The molecule has 41 nitrogen and oxygen atoms in total. The summed E-state index contributed by atoms with van der Waals surface area (Å²) in [5.74, 6) is -4.08. The van der Waals surface area contributed by atoms with Gasteiger partial charge >= 0.3 is 38.7 Å². The summed E-state index contributed by atoms with van der Waals surface area (Å²) in [5, 5.41) is 18.2. The standard InChI is InChI=1S/C9H11NO3S.C4H4F6N2O4S2.C3H4N2O.2C3H7NO3S.2C3H7NO2.C2H7NO4S2.C2H7NO2S.C2H7O3P.CH4O3S/c1-8(11)10(2)14(12,13)9-6-4-3-5-7-9;1-2(11-17(13,14)3(5,6)7)12-18(15,16)4(8,9)10;1-3(6)5-2-4;2*1-3(5)4-8(2,6)7;1-3(5)4-6-2;1-3(5)4(2)6;1-8(4,5)3-9(2,6)7;1-3-6(2,4)5;1-5-6(2,3)4;1-5(2,3)4/h3-7H,1-2H3;1H3,(H,11,12);1H3,(H,5,6);2*1-2H3,(H,4,5);1-2H3,(H,4,5);6H,1-2H3;3H,1-2H3;3H,1-2H3;1-2H3,(H,3,4);1H3,(H,2,3,4). The van der Waals surface area contributed by atoms with Crippen LogP contribution in [0, 0.1) is 11.5 Å². The van der Waals surface area contributed by atoms with Crippen LogP contribution in [0.5, 0.6) is 0 Å². The number of amidine groups is 1. The second-order valence-corrected chi connectivity index (χ2v) is 33.2. The Morgan fingerprint density at radius 2 is 0.891 bits per heavy atom. The number of sulfonamides is 8. The first kappa shape index (κ1) is 108. The molecule has 0 spiro atoms. The van der Waals surface area contributed by atoms with Gasteiger partial charge in [-0.3, -0.25) is 67.4 Å². The number of carbonyl (C=O) groups is 6. The van der Waals surface area contributed by atoms with Gasteiger partial charge in [-0.05, 0) is 26.1 Å². The molecule has 0 aromatic heterocycles. The molecule has 0 aliphatic rings. The van der Waals surface area contributed by atoms with Crippen molar-refractivity contribution in [1.82, 2.24) is 43.2 Å². The zero-order chi connectivity index (χ0) is 77.1. The highest BCUT2D eigenvalue weighted by Gasteiger charge is 2.48. The highest BCUT2D eigenvalue weighted by molar-refractivity contribution is 8.04. The number of amides is 6. The lowest BCUT2D eigenvalue weighted by molar-refractivity contribution is -0.156. The van der Waals surface area contributed by atoms with Crippen LogP contribution >= 0.6 is 7.60 Å². The van der Waals surface area contributed by atoms with Gasteiger partial charge in [0.1, 0.15) is 5.84 Å². The number of hydroxylamine groups is 3. The maximum absolute atomic E-state index is 11.8. The van der Waals surface area contributed by atoms with Gasteiger partial charge in [0.05, 0.1) is 49.5 Å². The minimum Gasteiger partial charge on any atom is -0.324 e. The molecule has 0 saturated heterocycles. The Hall–Kier alpha value is -5.92. The fourth-order valence-electron chi connectivity index (χ4n) is 2.44. The summed E-state index contributed by atoms with van der Waals surface area (Å²) >= 11 is 0. The van der Waals surface area contributed by atoms with Gasteiger partial charge in [-0.15, -0.1) is 8.53 Å². The van der Waals surface area contributed by atoms with E-state index in [1.807, 2.05) is 9.71 Å². The van der Waals surface area contributed by atoms with Gasteiger partial charge in [0.2, 0.25) is 85.6 Å². The van der Waals surface area contributed by atoms with Crippen molar-refractivity contribution >= 4 is 139 Å². The Kier molecular flexibility index (Phi) is 56.0. The molecule has 0 heterocycles. The van der Waals surface area contributed by atoms with E-state index in [0.29, 0.717) is 23.0 Å². The maximum Gasteiger partial charge on any atom is 0.518 e. The average molecular weight is 1560 g/mol. The fourth-order valence-corrected chi connectivity index (χ4v) is 7.96. The largest absolute Gasteiger partial charge is 0.518 e. The predicted octanol–water partition coefficient (Wildman–Crippen LogP) is -3.53. The van der Waals surface area contributed by atoms with E-state index in [1.165, 1.54) is 85.5 Å². The molecule has 10 N–H and O–H groups in total. The third-order valence-corrected chi connectivity index (χ3v) is 14.9. The number of hydrogen-bond donors (Lipinski definition) is 10. The molecule has 1 atom stereocenters. The normalized spacial score (nSPS) is 12.0. The molecule has 0 aliphatic carbocycles. The zero-order valence-corrected chi connectivity index (χ0v) is 59.7. The van der Waals surface area contributed by atoms with Crippen molar-refractivity contribution in [2.24, 2.45) is 4.40 Å². The highest BCUT2D eigenvalue weighted by Crippen LogP contribution is 2.34. The second kappa shape index (κ2) is 47.9.